The van der Waals surface area contributed by atoms with Crippen LogP contribution < -0.4 is 5.32 Å². The lowest BCUT2D eigenvalue weighted by atomic mass is 9.57. The Morgan fingerprint density at radius 2 is 1.94 bits per heavy atom. The molecule has 176 valence electrons. The number of piperidine rings is 1. The molecular weight excluding hydrogens is 420 g/mol. The number of benzene rings is 3. The SMILES string of the molecule is C=CC[N@@+]1(C)CC[C@@]2(c3cccc(O)c3)C[C@H](NC(=O)c3ccc4ccccc4c3)CCC2C1. The molecule has 34 heavy (non-hydrogen) atoms. The summed E-state index contributed by atoms with van der Waals surface area (Å²) in [6.45, 7) is 7.15. The zero-order valence-electron chi connectivity index (χ0n) is 20.0. The number of rotatable bonds is 5. The summed E-state index contributed by atoms with van der Waals surface area (Å²) < 4.78 is 1.02. The number of amides is 1. The molecule has 1 heterocycles. The van der Waals surface area contributed by atoms with E-state index in [0.29, 0.717) is 17.2 Å². The number of nitrogens with one attached hydrogen (secondary N) is 1. The van der Waals surface area contributed by atoms with E-state index in [2.05, 4.69) is 37.1 Å². The molecule has 0 bridgehead atoms. The first-order valence-corrected chi connectivity index (χ1v) is 12.4. The second kappa shape index (κ2) is 8.92. The van der Waals surface area contributed by atoms with Gasteiger partial charge in [0.25, 0.3) is 5.91 Å². The number of carbonyl (C=O) groups is 1. The Kier molecular flexibility index (Phi) is 5.95. The van der Waals surface area contributed by atoms with Crippen molar-refractivity contribution in [2.45, 2.75) is 37.1 Å². The summed E-state index contributed by atoms with van der Waals surface area (Å²) in [5.41, 5.74) is 1.90. The maximum Gasteiger partial charge on any atom is 0.251 e. The van der Waals surface area contributed by atoms with Gasteiger partial charge in [-0.3, -0.25) is 4.79 Å². The molecule has 0 radical (unpaired) electrons. The number of phenolic OH excluding ortho intramolecular Hbond substituents is 1. The Hall–Kier alpha value is -3.11. The minimum atomic E-state index is -0.0305. The minimum absolute atomic E-state index is 0.00310. The van der Waals surface area contributed by atoms with Crippen LogP contribution in [0.4, 0.5) is 0 Å². The van der Waals surface area contributed by atoms with Crippen molar-refractivity contribution in [2.24, 2.45) is 5.92 Å². The van der Waals surface area contributed by atoms with Crippen LogP contribution in [0.5, 0.6) is 5.75 Å². The summed E-state index contributed by atoms with van der Waals surface area (Å²) in [4.78, 5) is 13.2. The highest BCUT2D eigenvalue weighted by atomic mass is 16.3. The van der Waals surface area contributed by atoms with Crippen LogP contribution in [0, 0.1) is 5.92 Å². The molecule has 4 nitrogen and oxygen atoms in total. The molecule has 3 aromatic carbocycles. The average molecular weight is 456 g/mol. The van der Waals surface area contributed by atoms with E-state index in [-0.39, 0.29) is 17.4 Å². The molecule has 1 aliphatic heterocycles. The number of carbonyl (C=O) groups excluding carboxylic acids is 1. The molecule has 1 saturated heterocycles. The lowest BCUT2D eigenvalue weighted by Crippen LogP contribution is -2.62. The van der Waals surface area contributed by atoms with Crippen molar-refractivity contribution in [1.82, 2.24) is 5.32 Å². The van der Waals surface area contributed by atoms with E-state index < -0.39 is 0 Å². The highest BCUT2D eigenvalue weighted by Gasteiger charge is 2.52. The van der Waals surface area contributed by atoms with E-state index in [1.54, 1.807) is 6.07 Å². The van der Waals surface area contributed by atoms with Crippen LogP contribution in [-0.4, -0.2) is 48.2 Å². The van der Waals surface area contributed by atoms with E-state index >= 15 is 0 Å². The molecule has 1 saturated carbocycles. The third-order valence-corrected chi connectivity index (χ3v) is 8.35. The predicted octanol–water partition coefficient (Wildman–Crippen LogP) is 5.42. The monoisotopic (exact) mass is 455 g/mol. The number of likely N-dealkylation sites (N-methyl/N-ethyl adjacent to an activating group) is 1. The molecule has 3 aromatic rings. The maximum atomic E-state index is 13.2. The van der Waals surface area contributed by atoms with E-state index in [1.165, 1.54) is 5.56 Å². The number of hydrogen-bond donors (Lipinski definition) is 2. The Balaban J connectivity index is 1.40. The van der Waals surface area contributed by atoms with Crippen LogP contribution in [0.3, 0.4) is 0 Å². The van der Waals surface area contributed by atoms with Crippen molar-refractivity contribution < 1.29 is 14.4 Å². The van der Waals surface area contributed by atoms with Crippen molar-refractivity contribution in [3.05, 3.63) is 90.5 Å². The van der Waals surface area contributed by atoms with Gasteiger partial charge in [0.15, 0.2) is 0 Å². The number of nitrogens with zero attached hydrogens (tertiary/aromatic N) is 1. The van der Waals surface area contributed by atoms with Gasteiger partial charge in [-0.15, -0.1) is 0 Å². The minimum Gasteiger partial charge on any atom is -0.508 e. The molecule has 0 spiro atoms. The first-order chi connectivity index (χ1) is 16.4. The van der Waals surface area contributed by atoms with Crippen molar-refractivity contribution in [2.75, 3.05) is 26.7 Å². The third kappa shape index (κ3) is 4.23. The van der Waals surface area contributed by atoms with Crippen LogP contribution in [-0.2, 0) is 5.41 Å². The molecule has 4 atom stereocenters. The molecular formula is C30H35N2O2+. The highest BCUT2D eigenvalue weighted by Crippen LogP contribution is 2.50. The molecule has 4 heteroatoms. The van der Waals surface area contributed by atoms with Gasteiger partial charge >= 0.3 is 0 Å². The summed E-state index contributed by atoms with van der Waals surface area (Å²) in [6.07, 6.45) is 6.06. The van der Waals surface area contributed by atoms with Gasteiger partial charge in [-0.05, 0) is 65.9 Å². The lowest BCUT2D eigenvalue weighted by Gasteiger charge is -2.55. The molecule has 0 aromatic heterocycles. The lowest BCUT2D eigenvalue weighted by molar-refractivity contribution is -0.914. The van der Waals surface area contributed by atoms with Crippen LogP contribution in [0.25, 0.3) is 10.8 Å². The summed E-state index contributed by atoms with van der Waals surface area (Å²) in [5.74, 6) is 0.840. The van der Waals surface area contributed by atoms with Crippen LogP contribution >= 0.6 is 0 Å². The van der Waals surface area contributed by atoms with Gasteiger partial charge in [-0.25, -0.2) is 0 Å². The smallest absolute Gasteiger partial charge is 0.251 e. The largest absolute Gasteiger partial charge is 0.508 e. The molecule has 1 amide bonds. The van der Waals surface area contributed by atoms with E-state index in [1.807, 2.05) is 48.5 Å². The molecule has 2 aliphatic rings. The molecule has 1 unspecified atom stereocenters. The maximum absolute atomic E-state index is 13.2. The van der Waals surface area contributed by atoms with E-state index in [0.717, 1.165) is 60.6 Å². The molecule has 5 rings (SSSR count). The van der Waals surface area contributed by atoms with Crippen molar-refractivity contribution in [1.29, 1.82) is 0 Å². The topological polar surface area (TPSA) is 49.3 Å². The number of hydrogen-bond acceptors (Lipinski definition) is 2. The number of fused-ring (bicyclic) bond motifs is 2. The average Bonchev–Trinajstić information content (AvgIpc) is 2.84. The van der Waals surface area contributed by atoms with E-state index in [4.69, 9.17) is 0 Å². The fraction of sp³-hybridized carbons (Fsp3) is 0.367. The van der Waals surface area contributed by atoms with Gasteiger partial charge in [0, 0.05) is 29.4 Å². The summed E-state index contributed by atoms with van der Waals surface area (Å²) in [5, 5.41) is 15.9. The van der Waals surface area contributed by atoms with Crippen molar-refractivity contribution in [3.8, 4) is 5.75 Å². The second-order valence-electron chi connectivity index (χ2n) is 10.7. The number of quaternary nitrogens is 1. The zero-order chi connectivity index (χ0) is 23.8. The Labute approximate surface area is 202 Å². The van der Waals surface area contributed by atoms with Crippen LogP contribution in [0.15, 0.2) is 79.4 Å². The summed E-state index contributed by atoms with van der Waals surface area (Å²) in [7, 11) is 2.33. The zero-order valence-corrected chi connectivity index (χ0v) is 20.0. The Bertz CT molecular complexity index is 1220. The Morgan fingerprint density at radius 3 is 2.74 bits per heavy atom. The first-order valence-electron chi connectivity index (χ1n) is 12.4. The molecule has 2 N–H and O–H groups in total. The first kappa shape index (κ1) is 22.7. The summed E-state index contributed by atoms with van der Waals surface area (Å²) in [6, 6.07) is 22.0. The number of phenols is 1. The van der Waals surface area contributed by atoms with E-state index in [9.17, 15) is 9.90 Å². The third-order valence-electron chi connectivity index (χ3n) is 8.35. The highest BCUT2D eigenvalue weighted by molar-refractivity contribution is 5.98. The molecule has 2 fully saturated rings. The van der Waals surface area contributed by atoms with Gasteiger partial charge in [0.1, 0.15) is 5.75 Å². The second-order valence-corrected chi connectivity index (χ2v) is 10.7. The van der Waals surface area contributed by atoms with Gasteiger partial charge < -0.3 is 14.9 Å². The predicted molar refractivity (Wildman–Crippen MR) is 138 cm³/mol. The van der Waals surface area contributed by atoms with Gasteiger partial charge in [-0.1, -0.05) is 49.0 Å². The van der Waals surface area contributed by atoms with Gasteiger partial charge in [-0.2, -0.15) is 0 Å². The van der Waals surface area contributed by atoms with Crippen LogP contribution in [0.1, 0.15) is 41.6 Å². The standard InChI is InChI=1S/C30H34N2O2/c1-3-16-32(2)17-15-30(25-9-6-10-28(33)19-25)20-27(14-13-26(30)21-32)31-29(34)24-12-11-22-7-4-5-8-23(22)18-24/h3-12,18-19,26-27H,1,13-17,20-21H2,2H3,(H-,31,33,34)/p+1/t26?,27-,30+,32+/m1/s1. The normalized spacial score (nSPS) is 28.7. The van der Waals surface area contributed by atoms with Gasteiger partial charge in [0.05, 0.1) is 26.7 Å². The number of likely N-dealkylation sites (tertiary alicyclic amines) is 1. The van der Waals surface area contributed by atoms with Crippen molar-refractivity contribution in [3.63, 3.8) is 0 Å². The van der Waals surface area contributed by atoms with Crippen molar-refractivity contribution >= 4 is 16.7 Å². The Morgan fingerprint density at radius 1 is 1.12 bits per heavy atom. The van der Waals surface area contributed by atoms with Gasteiger partial charge in [0.2, 0.25) is 0 Å². The fourth-order valence-electron chi connectivity index (χ4n) is 6.57. The quantitative estimate of drug-likeness (QED) is 0.399. The summed E-state index contributed by atoms with van der Waals surface area (Å²) >= 11 is 0. The van der Waals surface area contributed by atoms with Crippen LogP contribution in [0.2, 0.25) is 0 Å². The fourth-order valence-corrected chi connectivity index (χ4v) is 6.57. The number of aromatic hydroxyl groups is 1. The molecule has 1 aliphatic carbocycles.